The second-order valence-corrected chi connectivity index (χ2v) is 5.47. The van der Waals surface area contributed by atoms with Crippen LogP contribution < -0.4 is 5.32 Å². The van der Waals surface area contributed by atoms with Crippen molar-refractivity contribution < 1.29 is 0 Å². The molecule has 0 radical (unpaired) electrons. The van der Waals surface area contributed by atoms with Gasteiger partial charge in [-0.1, -0.05) is 39.0 Å². The van der Waals surface area contributed by atoms with Crippen LogP contribution in [-0.2, 0) is 0 Å². The van der Waals surface area contributed by atoms with Crippen LogP contribution in [0.2, 0.25) is 0 Å². The van der Waals surface area contributed by atoms with Crippen LogP contribution in [0.3, 0.4) is 0 Å². The lowest BCUT2D eigenvalue weighted by atomic mass is 9.77. The molecule has 1 heteroatoms. The van der Waals surface area contributed by atoms with Crippen LogP contribution >= 0.6 is 0 Å². The molecule has 82 valence electrons. The van der Waals surface area contributed by atoms with Crippen molar-refractivity contribution in [3.05, 3.63) is 0 Å². The summed E-state index contributed by atoms with van der Waals surface area (Å²) in [5.41, 5.74) is 0. The van der Waals surface area contributed by atoms with E-state index in [1.165, 1.54) is 58.0 Å². The quantitative estimate of drug-likeness (QED) is 0.729. The zero-order valence-corrected chi connectivity index (χ0v) is 9.60. The average Bonchev–Trinajstić information content (AvgIpc) is 2.72. The van der Waals surface area contributed by atoms with Crippen molar-refractivity contribution in [3.63, 3.8) is 0 Å². The van der Waals surface area contributed by atoms with Crippen LogP contribution in [0, 0.1) is 17.8 Å². The summed E-state index contributed by atoms with van der Waals surface area (Å²) in [5.74, 6) is 3.04. The Morgan fingerprint density at radius 2 is 1.93 bits per heavy atom. The number of nitrogens with one attached hydrogen (secondary N) is 1. The second-order valence-electron chi connectivity index (χ2n) is 5.47. The second kappa shape index (κ2) is 5.16. The molecule has 2 unspecified atom stereocenters. The van der Waals surface area contributed by atoms with E-state index in [1.54, 1.807) is 0 Å². The van der Waals surface area contributed by atoms with Crippen molar-refractivity contribution in [1.82, 2.24) is 5.32 Å². The predicted molar refractivity (Wildman–Crippen MR) is 61.3 cm³/mol. The monoisotopic (exact) mass is 195 g/mol. The maximum Gasteiger partial charge on any atom is -0.00199 e. The van der Waals surface area contributed by atoms with E-state index in [-0.39, 0.29) is 0 Å². The van der Waals surface area contributed by atoms with Gasteiger partial charge >= 0.3 is 0 Å². The maximum atomic E-state index is 3.48. The third-order valence-corrected chi connectivity index (χ3v) is 4.32. The van der Waals surface area contributed by atoms with Crippen molar-refractivity contribution in [3.8, 4) is 0 Å². The molecular weight excluding hydrogens is 170 g/mol. The first kappa shape index (κ1) is 10.5. The molecule has 1 aliphatic carbocycles. The molecule has 0 amide bonds. The highest BCUT2D eigenvalue weighted by Crippen LogP contribution is 2.33. The molecule has 2 fully saturated rings. The fourth-order valence-electron chi connectivity index (χ4n) is 3.34. The lowest BCUT2D eigenvalue weighted by Gasteiger charge is -2.29. The molecule has 0 bridgehead atoms. The Kier molecular flexibility index (Phi) is 3.86. The van der Waals surface area contributed by atoms with Crippen molar-refractivity contribution in [1.29, 1.82) is 0 Å². The van der Waals surface area contributed by atoms with E-state index in [0.717, 1.165) is 17.8 Å². The van der Waals surface area contributed by atoms with E-state index < -0.39 is 0 Å². The molecule has 1 saturated heterocycles. The van der Waals surface area contributed by atoms with E-state index in [4.69, 9.17) is 0 Å². The van der Waals surface area contributed by atoms with Crippen LogP contribution in [0.15, 0.2) is 0 Å². The minimum atomic E-state index is 0.986. The number of hydrogen-bond acceptors (Lipinski definition) is 1. The summed E-state index contributed by atoms with van der Waals surface area (Å²) < 4.78 is 0. The zero-order valence-electron chi connectivity index (χ0n) is 9.60. The van der Waals surface area contributed by atoms with Crippen molar-refractivity contribution in [2.45, 2.75) is 51.9 Å². The highest BCUT2D eigenvalue weighted by molar-refractivity contribution is 4.77. The standard InChI is InChI=1S/C13H25N/c1-11(9-12-7-8-14-10-12)13-5-3-2-4-6-13/h11-14H,2-10H2,1H3. The smallest absolute Gasteiger partial charge is 0.00199 e. The SMILES string of the molecule is CC(CC1CCNC1)C1CCCCC1. The van der Waals surface area contributed by atoms with Gasteiger partial charge in [0.1, 0.15) is 0 Å². The molecule has 1 saturated carbocycles. The molecule has 0 aromatic carbocycles. The third-order valence-electron chi connectivity index (χ3n) is 4.32. The summed E-state index contributed by atoms with van der Waals surface area (Å²) in [6.45, 7) is 5.05. The predicted octanol–water partition coefficient (Wildman–Crippen LogP) is 3.20. The van der Waals surface area contributed by atoms with Gasteiger partial charge in [0.25, 0.3) is 0 Å². The van der Waals surface area contributed by atoms with Gasteiger partial charge in [0.2, 0.25) is 0 Å². The first-order valence-electron chi connectivity index (χ1n) is 6.57. The van der Waals surface area contributed by atoms with Gasteiger partial charge in [0, 0.05) is 0 Å². The Morgan fingerprint density at radius 3 is 2.57 bits per heavy atom. The Bertz CT molecular complexity index is 155. The van der Waals surface area contributed by atoms with Gasteiger partial charge in [0.15, 0.2) is 0 Å². The lowest BCUT2D eigenvalue weighted by molar-refractivity contribution is 0.229. The van der Waals surface area contributed by atoms with Gasteiger partial charge in [-0.3, -0.25) is 0 Å². The molecule has 1 aliphatic heterocycles. The minimum absolute atomic E-state index is 0.986. The Morgan fingerprint density at radius 1 is 1.14 bits per heavy atom. The van der Waals surface area contributed by atoms with E-state index in [9.17, 15) is 0 Å². The fourth-order valence-corrected chi connectivity index (χ4v) is 3.34. The minimum Gasteiger partial charge on any atom is -0.316 e. The highest BCUT2D eigenvalue weighted by atomic mass is 14.9. The molecule has 0 aromatic rings. The fraction of sp³-hybridized carbons (Fsp3) is 1.00. The van der Waals surface area contributed by atoms with Gasteiger partial charge in [-0.25, -0.2) is 0 Å². The molecule has 1 heterocycles. The molecule has 2 aliphatic rings. The van der Waals surface area contributed by atoms with E-state index >= 15 is 0 Å². The van der Waals surface area contributed by atoms with Crippen LogP contribution in [-0.4, -0.2) is 13.1 Å². The van der Waals surface area contributed by atoms with Gasteiger partial charge < -0.3 is 5.32 Å². The van der Waals surface area contributed by atoms with E-state index in [0.29, 0.717) is 0 Å². The third kappa shape index (κ3) is 2.73. The Labute approximate surface area is 88.7 Å². The molecule has 2 rings (SSSR count). The van der Waals surface area contributed by atoms with Crippen molar-refractivity contribution >= 4 is 0 Å². The normalized spacial score (nSPS) is 31.9. The van der Waals surface area contributed by atoms with E-state index in [2.05, 4.69) is 12.2 Å². The van der Waals surface area contributed by atoms with Crippen LogP contribution in [0.5, 0.6) is 0 Å². The van der Waals surface area contributed by atoms with Crippen molar-refractivity contribution in [2.24, 2.45) is 17.8 Å². The molecule has 0 spiro atoms. The lowest BCUT2D eigenvalue weighted by Crippen LogP contribution is -2.19. The summed E-state index contributed by atoms with van der Waals surface area (Å²) in [6.07, 6.45) is 10.4. The topological polar surface area (TPSA) is 12.0 Å². The number of rotatable bonds is 3. The largest absolute Gasteiger partial charge is 0.316 e. The molecule has 2 atom stereocenters. The first-order valence-corrected chi connectivity index (χ1v) is 6.57. The number of hydrogen-bond donors (Lipinski definition) is 1. The molecule has 0 aromatic heterocycles. The summed E-state index contributed by atoms with van der Waals surface area (Å²) in [7, 11) is 0. The molecule has 1 nitrogen and oxygen atoms in total. The molecule has 1 N–H and O–H groups in total. The van der Waals surface area contributed by atoms with Gasteiger partial charge in [-0.15, -0.1) is 0 Å². The highest BCUT2D eigenvalue weighted by Gasteiger charge is 2.24. The van der Waals surface area contributed by atoms with Crippen LogP contribution in [0.4, 0.5) is 0 Å². The summed E-state index contributed by atoms with van der Waals surface area (Å²) in [5, 5.41) is 3.48. The summed E-state index contributed by atoms with van der Waals surface area (Å²) >= 11 is 0. The van der Waals surface area contributed by atoms with E-state index in [1.807, 2.05) is 0 Å². The average molecular weight is 195 g/mol. The molecule has 14 heavy (non-hydrogen) atoms. The van der Waals surface area contributed by atoms with Gasteiger partial charge in [-0.2, -0.15) is 0 Å². The van der Waals surface area contributed by atoms with Gasteiger partial charge in [0.05, 0.1) is 0 Å². The first-order chi connectivity index (χ1) is 6.86. The van der Waals surface area contributed by atoms with Crippen molar-refractivity contribution in [2.75, 3.05) is 13.1 Å². The zero-order chi connectivity index (χ0) is 9.80. The van der Waals surface area contributed by atoms with Crippen LogP contribution in [0.25, 0.3) is 0 Å². The summed E-state index contributed by atoms with van der Waals surface area (Å²) in [6, 6.07) is 0. The summed E-state index contributed by atoms with van der Waals surface area (Å²) in [4.78, 5) is 0. The molecular formula is C13H25N. The Hall–Kier alpha value is -0.0400. The van der Waals surface area contributed by atoms with Crippen LogP contribution in [0.1, 0.15) is 51.9 Å². The van der Waals surface area contributed by atoms with Gasteiger partial charge in [-0.05, 0) is 43.7 Å². The maximum absolute atomic E-state index is 3.48. The Balaban J connectivity index is 1.72.